The Balaban J connectivity index is 2.27. The minimum absolute atomic E-state index is 0.114. The number of carboxylic acids is 1. The van der Waals surface area contributed by atoms with E-state index in [0.29, 0.717) is 25.8 Å². The van der Waals surface area contributed by atoms with Crippen LogP contribution in [0.1, 0.15) is 45.6 Å². The van der Waals surface area contributed by atoms with Crippen molar-refractivity contribution in [2.75, 3.05) is 6.54 Å². The molecule has 11 heteroatoms. The molecule has 198 valence electrons. The van der Waals surface area contributed by atoms with Crippen LogP contribution in [0.25, 0.3) is 10.9 Å². The molecule has 0 radical (unpaired) electrons. The number of aromatic amines is 1. The van der Waals surface area contributed by atoms with E-state index in [-0.39, 0.29) is 12.3 Å². The number of carboxylic acid groups (broad SMARTS) is 1. The van der Waals surface area contributed by atoms with Crippen LogP contribution in [-0.4, -0.2) is 64.5 Å². The standard InChI is InChI=1S/C25H38N6O5/c1-14(2)21(27)24(34)30-19(10-6-7-11-26)22(32)31-20(23(33)29-15(3)25(35)36)12-16-13-28-18-9-5-4-8-17(16)18/h4-5,8-9,13-15,19-21,28H,6-7,10-12,26-27H2,1-3H3,(H,29,33)(H,30,34)(H,31,32)(H,35,36). The molecule has 2 aromatic rings. The number of H-pyrrole nitrogens is 1. The summed E-state index contributed by atoms with van der Waals surface area (Å²) >= 11 is 0. The van der Waals surface area contributed by atoms with Gasteiger partial charge in [-0.05, 0) is 50.3 Å². The maximum atomic E-state index is 13.3. The van der Waals surface area contributed by atoms with Crippen molar-refractivity contribution in [2.45, 2.75) is 70.6 Å². The number of fused-ring (bicyclic) bond motifs is 1. The van der Waals surface area contributed by atoms with Gasteiger partial charge in [0.15, 0.2) is 0 Å². The molecule has 11 nitrogen and oxygen atoms in total. The average Bonchev–Trinajstić information content (AvgIpc) is 3.24. The molecule has 4 atom stereocenters. The van der Waals surface area contributed by atoms with Crippen LogP contribution in [0.2, 0.25) is 0 Å². The summed E-state index contributed by atoms with van der Waals surface area (Å²) in [6.07, 6.45) is 3.42. The Morgan fingerprint density at radius 1 is 0.944 bits per heavy atom. The van der Waals surface area contributed by atoms with Crippen LogP contribution < -0.4 is 27.4 Å². The summed E-state index contributed by atoms with van der Waals surface area (Å²) in [5.41, 5.74) is 13.2. The summed E-state index contributed by atoms with van der Waals surface area (Å²) in [6, 6.07) is 3.57. The summed E-state index contributed by atoms with van der Waals surface area (Å²) < 4.78 is 0. The van der Waals surface area contributed by atoms with E-state index in [4.69, 9.17) is 11.5 Å². The monoisotopic (exact) mass is 502 g/mol. The molecule has 0 aliphatic carbocycles. The number of nitrogens with two attached hydrogens (primary N) is 2. The zero-order valence-electron chi connectivity index (χ0n) is 21.0. The summed E-state index contributed by atoms with van der Waals surface area (Å²) in [4.78, 5) is 53.3. The van der Waals surface area contributed by atoms with Gasteiger partial charge in [0.05, 0.1) is 6.04 Å². The van der Waals surface area contributed by atoms with Crippen LogP contribution >= 0.6 is 0 Å². The summed E-state index contributed by atoms with van der Waals surface area (Å²) in [5, 5.41) is 17.9. The highest BCUT2D eigenvalue weighted by Crippen LogP contribution is 2.19. The Labute approximate surface area is 210 Å². The Morgan fingerprint density at radius 2 is 1.58 bits per heavy atom. The maximum Gasteiger partial charge on any atom is 0.325 e. The largest absolute Gasteiger partial charge is 0.480 e. The number of aromatic nitrogens is 1. The van der Waals surface area contributed by atoms with Gasteiger partial charge in [-0.25, -0.2) is 0 Å². The van der Waals surface area contributed by atoms with Gasteiger partial charge in [0.2, 0.25) is 17.7 Å². The van der Waals surface area contributed by atoms with E-state index in [0.717, 1.165) is 16.5 Å². The molecule has 0 aliphatic heterocycles. The first-order valence-electron chi connectivity index (χ1n) is 12.2. The Kier molecular flexibility index (Phi) is 10.9. The van der Waals surface area contributed by atoms with Crippen molar-refractivity contribution in [2.24, 2.45) is 17.4 Å². The van der Waals surface area contributed by atoms with Gasteiger partial charge >= 0.3 is 5.97 Å². The Bertz CT molecular complexity index is 1050. The van der Waals surface area contributed by atoms with Gasteiger partial charge in [0, 0.05) is 23.5 Å². The van der Waals surface area contributed by atoms with Gasteiger partial charge in [-0.15, -0.1) is 0 Å². The fourth-order valence-electron chi connectivity index (χ4n) is 3.71. The predicted octanol–water partition coefficient (Wildman–Crippen LogP) is 0.382. The topological polar surface area (TPSA) is 192 Å². The third-order valence-electron chi connectivity index (χ3n) is 6.06. The summed E-state index contributed by atoms with van der Waals surface area (Å²) in [5.74, 6) is -2.99. The van der Waals surface area contributed by atoms with Gasteiger partial charge < -0.3 is 37.5 Å². The van der Waals surface area contributed by atoms with E-state index >= 15 is 0 Å². The van der Waals surface area contributed by atoms with Crippen molar-refractivity contribution in [1.29, 1.82) is 0 Å². The quantitative estimate of drug-likeness (QED) is 0.181. The first-order valence-corrected chi connectivity index (χ1v) is 12.2. The van der Waals surface area contributed by atoms with Crippen molar-refractivity contribution >= 4 is 34.6 Å². The fraction of sp³-hybridized carbons (Fsp3) is 0.520. The van der Waals surface area contributed by atoms with E-state index < -0.39 is 47.9 Å². The molecule has 3 amide bonds. The second kappa shape index (κ2) is 13.6. The first-order chi connectivity index (χ1) is 17.0. The number of nitrogens with one attached hydrogen (secondary N) is 4. The molecule has 1 aromatic carbocycles. The van der Waals surface area contributed by atoms with E-state index in [2.05, 4.69) is 20.9 Å². The number of amides is 3. The summed E-state index contributed by atoms with van der Waals surface area (Å²) in [7, 11) is 0. The molecule has 2 rings (SSSR count). The molecule has 0 aliphatic rings. The van der Waals surface area contributed by atoms with Gasteiger partial charge in [-0.3, -0.25) is 19.2 Å². The minimum Gasteiger partial charge on any atom is -0.480 e. The minimum atomic E-state index is -1.20. The normalized spacial score (nSPS) is 14.6. The number of benzene rings is 1. The molecule has 0 bridgehead atoms. The third kappa shape index (κ3) is 8.06. The highest BCUT2D eigenvalue weighted by atomic mass is 16.4. The number of aliphatic carboxylic acids is 1. The number of carbonyl (C=O) groups is 4. The van der Waals surface area contributed by atoms with Gasteiger partial charge in [0.1, 0.15) is 18.1 Å². The van der Waals surface area contributed by atoms with Crippen molar-refractivity contribution in [3.05, 3.63) is 36.0 Å². The lowest BCUT2D eigenvalue weighted by Crippen LogP contribution is -2.57. The molecule has 0 saturated carbocycles. The second-order valence-corrected chi connectivity index (χ2v) is 9.31. The molecule has 9 N–H and O–H groups in total. The van der Waals surface area contributed by atoms with E-state index in [9.17, 15) is 24.3 Å². The number of carbonyl (C=O) groups excluding carboxylic acids is 3. The lowest BCUT2D eigenvalue weighted by molar-refractivity contribution is -0.141. The van der Waals surface area contributed by atoms with E-state index in [1.165, 1.54) is 6.92 Å². The molecule has 1 heterocycles. The molecular formula is C25H38N6O5. The second-order valence-electron chi connectivity index (χ2n) is 9.31. The Morgan fingerprint density at radius 3 is 2.22 bits per heavy atom. The van der Waals surface area contributed by atoms with Crippen LogP contribution in [0.3, 0.4) is 0 Å². The molecule has 1 aromatic heterocycles. The molecule has 0 saturated heterocycles. The summed E-state index contributed by atoms with van der Waals surface area (Å²) in [6.45, 7) is 5.39. The first kappa shape index (κ1) is 28.8. The lowest BCUT2D eigenvalue weighted by atomic mass is 10.0. The number of rotatable bonds is 14. The van der Waals surface area contributed by atoms with Crippen LogP contribution in [0, 0.1) is 5.92 Å². The van der Waals surface area contributed by atoms with Crippen molar-refractivity contribution in [3.63, 3.8) is 0 Å². The highest BCUT2D eigenvalue weighted by molar-refractivity contribution is 5.94. The maximum absolute atomic E-state index is 13.3. The van der Waals surface area contributed by atoms with Gasteiger partial charge in [0.25, 0.3) is 0 Å². The van der Waals surface area contributed by atoms with Gasteiger partial charge in [-0.2, -0.15) is 0 Å². The van der Waals surface area contributed by atoms with Crippen molar-refractivity contribution < 1.29 is 24.3 Å². The van der Waals surface area contributed by atoms with Crippen molar-refractivity contribution in [1.82, 2.24) is 20.9 Å². The van der Waals surface area contributed by atoms with Crippen LogP contribution in [0.4, 0.5) is 0 Å². The lowest BCUT2D eigenvalue weighted by Gasteiger charge is -2.25. The number of hydrogen-bond acceptors (Lipinski definition) is 6. The van der Waals surface area contributed by atoms with Crippen LogP contribution in [0.15, 0.2) is 30.5 Å². The number of para-hydroxylation sites is 1. The zero-order chi connectivity index (χ0) is 26.8. The fourth-order valence-corrected chi connectivity index (χ4v) is 3.71. The molecule has 36 heavy (non-hydrogen) atoms. The zero-order valence-corrected chi connectivity index (χ0v) is 21.0. The van der Waals surface area contributed by atoms with E-state index in [1.54, 1.807) is 20.0 Å². The predicted molar refractivity (Wildman–Crippen MR) is 137 cm³/mol. The third-order valence-corrected chi connectivity index (χ3v) is 6.06. The van der Waals surface area contributed by atoms with E-state index in [1.807, 2.05) is 24.3 Å². The van der Waals surface area contributed by atoms with Crippen molar-refractivity contribution in [3.8, 4) is 0 Å². The number of hydrogen-bond donors (Lipinski definition) is 7. The van der Waals surface area contributed by atoms with Gasteiger partial charge in [-0.1, -0.05) is 32.0 Å². The number of unbranched alkanes of at least 4 members (excludes halogenated alkanes) is 1. The Hall–Kier alpha value is -3.44. The van der Waals surface area contributed by atoms with Crippen LogP contribution in [-0.2, 0) is 25.6 Å². The average molecular weight is 503 g/mol. The highest BCUT2D eigenvalue weighted by Gasteiger charge is 2.30. The molecule has 0 spiro atoms. The molecular weight excluding hydrogens is 464 g/mol. The SMILES string of the molecule is CC(NC(=O)C(Cc1c[nH]c2ccccc12)NC(=O)C(CCCCN)NC(=O)C(N)C(C)C)C(=O)O. The van der Waals surface area contributed by atoms with Crippen LogP contribution in [0.5, 0.6) is 0 Å². The molecule has 0 fully saturated rings. The molecule has 4 unspecified atom stereocenters. The smallest absolute Gasteiger partial charge is 0.325 e.